The molecule has 1 unspecified atom stereocenters. The molecule has 4 heteroatoms. The molecule has 0 bridgehead atoms. The lowest BCUT2D eigenvalue weighted by atomic mass is 10.1. The molecule has 0 fully saturated rings. The Labute approximate surface area is 112 Å². The molecule has 1 atom stereocenters. The summed E-state index contributed by atoms with van der Waals surface area (Å²) >= 11 is 0. The Morgan fingerprint density at radius 1 is 1.32 bits per heavy atom. The van der Waals surface area contributed by atoms with Crippen molar-refractivity contribution in [2.24, 2.45) is 0 Å². The molecule has 94 valence electrons. The van der Waals surface area contributed by atoms with Crippen molar-refractivity contribution in [3.8, 4) is 6.07 Å². The van der Waals surface area contributed by atoms with Gasteiger partial charge in [0.1, 0.15) is 11.8 Å². The van der Waals surface area contributed by atoms with Crippen LogP contribution >= 0.6 is 0 Å². The Balaban J connectivity index is 2.12. The third-order valence-corrected chi connectivity index (χ3v) is 3.38. The van der Waals surface area contributed by atoms with E-state index in [-0.39, 0.29) is 0 Å². The summed E-state index contributed by atoms with van der Waals surface area (Å²) in [4.78, 5) is 10.9. The highest BCUT2D eigenvalue weighted by Crippen LogP contribution is 2.36. The van der Waals surface area contributed by atoms with Crippen LogP contribution in [0.2, 0.25) is 0 Å². The second-order valence-electron chi connectivity index (χ2n) is 4.86. The van der Waals surface area contributed by atoms with Crippen LogP contribution in [0.4, 0.5) is 11.6 Å². The number of fused-ring (bicyclic) bond motifs is 1. The van der Waals surface area contributed by atoms with E-state index in [1.165, 1.54) is 5.56 Å². The SMILES string of the molecule is Cc1cc(C#N)nc(N2c3ccccc3CC2C)n1. The maximum Gasteiger partial charge on any atom is 0.231 e. The topological polar surface area (TPSA) is 52.8 Å². The normalized spacial score (nSPS) is 17.1. The van der Waals surface area contributed by atoms with Crippen LogP contribution in [-0.2, 0) is 6.42 Å². The lowest BCUT2D eigenvalue weighted by molar-refractivity contribution is 0.737. The highest BCUT2D eigenvalue weighted by molar-refractivity contribution is 5.67. The molecule has 0 spiro atoms. The van der Waals surface area contributed by atoms with Crippen molar-refractivity contribution in [3.05, 3.63) is 47.3 Å². The molecule has 1 aromatic carbocycles. The molecule has 0 amide bonds. The van der Waals surface area contributed by atoms with Crippen molar-refractivity contribution in [2.45, 2.75) is 26.3 Å². The number of nitriles is 1. The monoisotopic (exact) mass is 250 g/mol. The molecule has 0 aliphatic carbocycles. The minimum atomic E-state index is 0.311. The fraction of sp³-hybridized carbons (Fsp3) is 0.267. The van der Waals surface area contributed by atoms with Crippen molar-refractivity contribution in [2.75, 3.05) is 4.90 Å². The molecule has 19 heavy (non-hydrogen) atoms. The minimum Gasteiger partial charge on any atom is -0.307 e. The summed E-state index contributed by atoms with van der Waals surface area (Å²) < 4.78 is 0. The van der Waals surface area contributed by atoms with Gasteiger partial charge in [0.2, 0.25) is 5.95 Å². The molecule has 1 aliphatic rings. The number of hydrogen-bond donors (Lipinski definition) is 0. The van der Waals surface area contributed by atoms with Crippen molar-refractivity contribution in [1.82, 2.24) is 9.97 Å². The van der Waals surface area contributed by atoms with Crippen LogP contribution in [0.25, 0.3) is 0 Å². The molecule has 0 N–H and O–H groups in total. The van der Waals surface area contributed by atoms with Gasteiger partial charge in [-0.1, -0.05) is 18.2 Å². The van der Waals surface area contributed by atoms with E-state index in [9.17, 15) is 0 Å². The van der Waals surface area contributed by atoms with Crippen LogP contribution in [-0.4, -0.2) is 16.0 Å². The van der Waals surface area contributed by atoms with E-state index in [2.05, 4.69) is 40.0 Å². The summed E-state index contributed by atoms with van der Waals surface area (Å²) in [7, 11) is 0. The van der Waals surface area contributed by atoms with Crippen LogP contribution in [0.15, 0.2) is 30.3 Å². The zero-order valence-corrected chi connectivity index (χ0v) is 11.0. The maximum absolute atomic E-state index is 9.03. The molecular weight excluding hydrogens is 236 g/mol. The quantitative estimate of drug-likeness (QED) is 0.781. The number of para-hydroxylation sites is 1. The van der Waals surface area contributed by atoms with Crippen LogP contribution in [0.3, 0.4) is 0 Å². The van der Waals surface area contributed by atoms with E-state index in [0.29, 0.717) is 17.7 Å². The third-order valence-electron chi connectivity index (χ3n) is 3.38. The Morgan fingerprint density at radius 2 is 2.11 bits per heavy atom. The summed E-state index contributed by atoms with van der Waals surface area (Å²) in [6.07, 6.45) is 0.982. The van der Waals surface area contributed by atoms with Crippen LogP contribution in [0, 0.1) is 18.3 Å². The van der Waals surface area contributed by atoms with E-state index in [1.807, 2.05) is 19.1 Å². The van der Waals surface area contributed by atoms with Crippen LogP contribution in [0.1, 0.15) is 23.9 Å². The number of aryl methyl sites for hydroxylation is 1. The molecule has 0 radical (unpaired) electrons. The van der Waals surface area contributed by atoms with Gasteiger partial charge in [0.15, 0.2) is 0 Å². The number of nitrogens with zero attached hydrogens (tertiary/aromatic N) is 4. The smallest absolute Gasteiger partial charge is 0.231 e. The summed E-state index contributed by atoms with van der Waals surface area (Å²) in [5, 5.41) is 9.03. The van der Waals surface area contributed by atoms with Gasteiger partial charge >= 0.3 is 0 Å². The van der Waals surface area contributed by atoms with E-state index >= 15 is 0 Å². The van der Waals surface area contributed by atoms with E-state index in [1.54, 1.807) is 6.07 Å². The third kappa shape index (κ3) is 1.93. The van der Waals surface area contributed by atoms with Gasteiger partial charge in [-0.05, 0) is 38.0 Å². The molecule has 0 saturated heterocycles. The van der Waals surface area contributed by atoms with Crippen LogP contribution in [0.5, 0.6) is 0 Å². The van der Waals surface area contributed by atoms with Crippen molar-refractivity contribution >= 4 is 11.6 Å². The highest BCUT2D eigenvalue weighted by atomic mass is 15.3. The predicted molar refractivity (Wildman–Crippen MR) is 73.2 cm³/mol. The Bertz CT molecular complexity index is 672. The maximum atomic E-state index is 9.03. The standard InChI is InChI=1S/C15H14N4/c1-10-7-13(9-16)18-15(17-10)19-11(2)8-12-5-3-4-6-14(12)19/h3-7,11H,8H2,1-2H3. The van der Waals surface area contributed by atoms with Gasteiger partial charge in [-0.25, -0.2) is 9.97 Å². The largest absolute Gasteiger partial charge is 0.307 e. The second-order valence-corrected chi connectivity index (χ2v) is 4.86. The first-order valence-electron chi connectivity index (χ1n) is 6.32. The van der Waals surface area contributed by atoms with Crippen molar-refractivity contribution in [1.29, 1.82) is 5.26 Å². The van der Waals surface area contributed by atoms with Gasteiger partial charge in [0, 0.05) is 17.4 Å². The fourth-order valence-electron chi connectivity index (χ4n) is 2.59. The number of hydrogen-bond acceptors (Lipinski definition) is 4. The van der Waals surface area contributed by atoms with Crippen LogP contribution < -0.4 is 4.90 Å². The highest BCUT2D eigenvalue weighted by Gasteiger charge is 2.28. The molecule has 2 heterocycles. The van der Waals surface area contributed by atoms with Gasteiger partial charge in [0.05, 0.1) is 0 Å². The van der Waals surface area contributed by atoms with Gasteiger partial charge < -0.3 is 4.90 Å². The lowest BCUT2D eigenvalue weighted by Gasteiger charge is -2.22. The van der Waals surface area contributed by atoms with Gasteiger partial charge in [-0.2, -0.15) is 5.26 Å². The first kappa shape index (κ1) is 11.7. The molecular formula is C15H14N4. The zero-order chi connectivity index (χ0) is 13.4. The van der Waals surface area contributed by atoms with E-state index in [4.69, 9.17) is 5.26 Å². The fourth-order valence-corrected chi connectivity index (χ4v) is 2.59. The summed E-state index contributed by atoms with van der Waals surface area (Å²) in [5.41, 5.74) is 3.68. The lowest BCUT2D eigenvalue weighted by Crippen LogP contribution is -2.26. The molecule has 2 aromatic rings. The number of aromatic nitrogens is 2. The second kappa shape index (κ2) is 4.36. The Kier molecular flexibility index (Phi) is 2.68. The number of benzene rings is 1. The molecule has 4 nitrogen and oxygen atoms in total. The first-order valence-corrected chi connectivity index (χ1v) is 6.32. The van der Waals surface area contributed by atoms with Gasteiger partial charge in [-0.15, -0.1) is 0 Å². The predicted octanol–water partition coefficient (Wildman–Crippen LogP) is 2.74. The molecule has 1 aromatic heterocycles. The minimum absolute atomic E-state index is 0.311. The Morgan fingerprint density at radius 3 is 2.89 bits per heavy atom. The summed E-state index contributed by atoms with van der Waals surface area (Å²) in [6.45, 7) is 4.04. The zero-order valence-electron chi connectivity index (χ0n) is 11.0. The van der Waals surface area contributed by atoms with Gasteiger partial charge in [0.25, 0.3) is 0 Å². The number of anilines is 2. The number of rotatable bonds is 1. The molecule has 3 rings (SSSR count). The average molecular weight is 250 g/mol. The van der Waals surface area contributed by atoms with Gasteiger partial charge in [-0.3, -0.25) is 0 Å². The summed E-state index contributed by atoms with van der Waals surface area (Å²) in [6, 6.07) is 12.4. The Hall–Kier alpha value is -2.41. The van der Waals surface area contributed by atoms with E-state index < -0.39 is 0 Å². The average Bonchev–Trinajstić information content (AvgIpc) is 2.73. The van der Waals surface area contributed by atoms with Crippen molar-refractivity contribution < 1.29 is 0 Å². The molecule has 0 saturated carbocycles. The molecule has 1 aliphatic heterocycles. The van der Waals surface area contributed by atoms with E-state index in [0.717, 1.165) is 17.8 Å². The summed E-state index contributed by atoms with van der Waals surface area (Å²) in [5.74, 6) is 0.619. The first-order chi connectivity index (χ1) is 9.19. The van der Waals surface area contributed by atoms with Crippen molar-refractivity contribution in [3.63, 3.8) is 0 Å².